The van der Waals surface area contributed by atoms with Gasteiger partial charge in [-0.15, -0.1) is 12.4 Å². The molecule has 0 aromatic carbocycles. The van der Waals surface area contributed by atoms with Crippen LogP contribution in [0.25, 0.3) is 0 Å². The second-order valence-electron chi connectivity index (χ2n) is 14.0. The molecule has 0 aliphatic carbocycles. The van der Waals surface area contributed by atoms with Crippen LogP contribution in [-0.4, -0.2) is 31.7 Å². The van der Waals surface area contributed by atoms with Crippen molar-refractivity contribution in [3.8, 4) is 0 Å². The summed E-state index contributed by atoms with van der Waals surface area (Å²) in [6, 6.07) is 0. The van der Waals surface area contributed by atoms with Crippen LogP contribution in [0.4, 0.5) is 0 Å². The zero-order chi connectivity index (χ0) is 28.5. The van der Waals surface area contributed by atoms with Gasteiger partial charge >= 0.3 is 29.6 Å². The predicted octanol–water partition coefficient (Wildman–Crippen LogP) is 11.1. The molecule has 41 heavy (non-hydrogen) atoms. The minimum Gasteiger partial charge on any atom is -1.00 e. The van der Waals surface area contributed by atoms with Gasteiger partial charge in [0.25, 0.3) is 0 Å². The van der Waals surface area contributed by atoms with Crippen LogP contribution in [0.3, 0.4) is 0 Å². The van der Waals surface area contributed by atoms with E-state index in [-0.39, 0.29) is 43.4 Å². The Balaban J connectivity index is -0.00000241. The molecule has 0 aromatic rings. The van der Waals surface area contributed by atoms with Crippen LogP contribution in [0, 0.1) is 0 Å². The topological polar surface area (TPSA) is 0 Å². The van der Waals surface area contributed by atoms with Gasteiger partial charge in [-0.25, -0.2) is 0 Å². The molecule has 0 aliphatic heterocycles. The van der Waals surface area contributed by atoms with Gasteiger partial charge in [-0.3, -0.25) is 0 Å². The molecule has 0 bridgehead atoms. The number of hydrogen-bond donors (Lipinski definition) is 0. The maximum Gasteiger partial charge on any atom is 1.00 e. The van der Waals surface area contributed by atoms with E-state index in [4.69, 9.17) is 0 Å². The second kappa shape index (κ2) is 39.3. The van der Waals surface area contributed by atoms with E-state index in [1.807, 2.05) is 0 Å². The molecule has 246 valence electrons. The van der Waals surface area contributed by atoms with Gasteiger partial charge in [0, 0.05) is 0 Å². The molecule has 0 rings (SSSR count). The summed E-state index contributed by atoms with van der Waals surface area (Å²) in [5.74, 6) is 0. The summed E-state index contributed by atoms with van der Waals surface area (Å²) in [7, 11) is 4.94. The molecule has 0 radical (unpaired) electrons. The largest absolute Gasteiger partial charge is 1.00 e. The van der Waals surface area contributed by atoms with Gasteiger partial charge in [0.2, 0.25) is 0 Å². The van der Waals surface area contributed by atoms with Crippen molar-refractivity contribution in [3.05, 3.63) is 0 Å². The predicted molar refractivity (Wildman–Crippen MR) is 189 cm³/mol. The number of rotatable bonds is 34. The van der Waals surface area contributed by atoms with E-state index in [9.17, 15) is 0 Å². The Morgan fingerprint density at radius 2 is 0.439 bits per heavy atom. The number of quaternary nitrogens is 1. The Morgan fingerprint density at radius 1 is 0.293 bits per heavy atom. The first-order chi connectivity index (χ1) is 19.1. The SMILES string of the molecule is CCCCCCCCCCCCCCCCCC[N+](C)(C)CCCCCCCCCCCCCCCCCC.Cl.[H-].[Na+]. The van der Waals surface area contributed by atoms with E-state index in [2.05, 4.69) is 27.9 Å². The van der Waals surface area contributed by atoms with Crippen molar-refractivity contribution in [2.45, 2.75) is 219 Å². The van der Waals surface area contributed by atoms with E-state index in [0.29, 0.717) is 0 Å². The van der Waals surface area contributed by atoms with Crippen LogP contribution in [0.1, 0.15) is 221 Å². The van der Waals surface area contributed by atoms with Gasteiger partial charge in [0.15, 0.2) is 0 Å². The number of nitrogens with zero attached hydrogens (tertiary/aromatic N) is 1. The minimum atomic E-state index is 0. The Hall–Kier alpha value is 1.25. The second-order valence-corrected chi connectivity index (χ2v) is 14.0. The Kier molecular flexibility index (Phi) is 44.7. The van der Waals surface area contributed by atoms with Crippen molar-refractivity contribution in [3.63, 3.8) is 0 Å². The van der Waals surface area contributed by atoms with Gasteiger partial charge in [-0.05, 0) is 25.7 Å². The molecule has 0 fully saturated rings. The summed E-state index contributed by atoms with van der Waals surface area (Å²) in [6.45, 7) is 7.39. The fraction of sp³-hybridized carbons (Fsp3) is 1.00. The van der Waals surface area contributed by atoms with Crippen molar-refractivity contribution in [1.82, 2.24) is 0 Å². The molecule has 0 amide bonds. The van der Waals surface area contributed by atoms with Crippen LogP contribution in [0.5, 0.6) is 0 Å². The summed E-state index contributed by atoms with van der Waals surface area (Å²) in [6.07, 6.45) is 46.9. The van der Waals surface area contributed by atoms with Gasteiger partial charge < -0.3 is 5.91 Å². The molecule has 1 nitrogen and oxygen atoms in total. The fourth-order valence-electron chi connectivity index (χ4n) is 6.29. The van der Waals surface area contributed by atoms with Crippen LogP contribution in [0.2, 0.25) is 0 Å². The van der Waals surface area contributed by atoms with Crippen LogP contribution in [-0.2, 0) is 0 Å². The third-order valence-corrected chi connectivity index (χ3v) is 9.23. The molecule has 3 heteroatoms. The maximum absolute atomic E-state index is 2.47. The average Bonchev–Trinajstić information content (AvgIpc) is 2.92. The van der Waals surface area contributed by atoms with Crippen molar-refractivity contribution < 1.29 is 35.5 Å². The Bertz CT molecular complexity index is 411. The van der Waals surface area contributed by atoms with Crippen molar-refractivity contribution in [1.29, 1.82) is 0 Å². The van der Waals surface area contributed by atoms with Crippen molar-refractivity contribution >= 4 is 12.4 Å². The zero-order valence-corrected chi connectivity index (χ0v) is 32.7. The zero-order valence-electron chi connectivity index (χ0n) is 30.9. The molecular formula is C38H82ClNNa+. The van der Waals surface area contributed by atoms with Crippen LogP contribution >= 0.6 is 12.4 Å². The molecule has 0 N–H and O–H groups in total. The first kappa shape index (κ1) is 46.7. The van der Waals surface area contributed by atoms with Crippen LogP contribution < -0.4 is 29.6 Å². The third kappa shape index (κ3) is 41.2. The summed E-state index contributed by atoms with van der Waals surface area (Å²) < 4.78 is 1.25. The molecule has 0 heterocycles. The van der Waals surface area contributed by atoms with Gasteiger partial charge in [-0.2, -0.15) is 0 Å². The van der Waals surface area contributed by atoms with Gasteiger partial charge in [-0.1, -0.05) is 194 Å². The molecule has 0 saturated heterocycles. The summed E-state index contributed by atoms with van der Waals surface area (Å²) in [5.41, 5.74) is 0. The number of halogens is 1. The molecule has 0 atom stereocenters. The van der Waals surface area contributed by atoms with Gasteiger partial charge in [0.1, 0.15) is 0 Å². The maximum atomic E-state index is 2.47. The number of unbranched alkanes of at least 4 members (excludes halogenated alkanes) is 30. The quantitative estimate of drug-likeness (QED) is 0.0386. The molecule has 0 saturated carbocycles. The molecule has 0 spiro atoms. The smallest absolute Gasteiger partial charge is 1.00 e. The third-order valence-electron chi connectivity index (χ3n) is 9.23. The normalized spacial score (nSPS) is 11.4. The van der Waals surface area contributed by atoms with Crippen molar-refractivity contribution in [2.24, 2.45) is 0 Å². The molecule has 0 aliphatic rings. The monoisotopic (exact) mass is 611 g/mol. The Morgan fingerprint density at radius 3 is 0.610 bits per heavy atom. The first-order valence-electron chi connectivity index (χ1n) is 18.9. The summed E-state index contributed by atoms with van der Waals surface area (Å²) >= 11 is 0. The standard InChI is InChI=1S/C38H80N.ClH.Na.H/c1-5-7-9-11-13-15-17-19-21-23-25-27-29-31-33-35-37-39(3,4)38-36-34-32-30-28-26-24-22-20-18-16-14-12-10-8-6-2;;;/h5-38H2,1-4H3;1H;;/q+1;;+1;-1. The molecular weight excluding hydrogens is 529 g/mol. The molecule has 0 aromatic heterocycles. The number of hydrogen-bond acceptors (Lipinski definition) is 0. The van der Waals surface area contributed by atoms with E-state index in [0.717, 1.165) is 0 Å². The van der Waals surface area contributed by atoms with E-state index >= 15 is 0 Å². The Labute approximate surface area is 292 Å². The first-order valence-corrected chi connectivity index (χ1v) is 18.9. The summed E-state index contributed by atoms with van der Waals surface area (Å²) in [5, 5.41) is 0. The van der Waals surface area contributed by atoms with Crippen molar-refractivity contribution in [2.75, 3.05) is 27.2 Å². The fourth-order valence-corrected chi connectivity index (χ4v) is 6.29. The van der Waals surface area contributed by atoms with E-state index in [1.54, 1.807) is 0 Å². The van der Waals surface area contributed by atoms with E-state index in [1.165, 1.54) is 223 Å². The van der Waals surface area contributed by atoms with Gasteiger partial charge in [0.05, 0.1) is 27.2 Å². The van der Waals surface area contributed by atoms with Crippen LogP contribution in [0.15, 0.2) is 0 Å². The minimum absolute atomic E-state index is 0. The average molecular weight is 612 g/mol. The summed E-state index contributed by atoms with van der Waals surface area (Å²) in [4.78, 5) is 0. The van der Waals surface area contributed by atoms with E-state index < -0.39 is 0 Å². The molecule has 0 unspecified atom stereocenters.